The minimum atomic E-state index is -0.585. The minimum absolute atomic E-state index is 0.0836. The summed E-state index contributed by atoms with van der Waals surface area (Å²) in [6.45, 7) is 0. The molecule has 0 unspecified atom stereocenters. The molecule has 0 aliphatic heterocycles. The van der Waals surface area contributed by atoms with Gasteiger partial charge in [-0.15, -0.1) is 0 Å². The highest BCUT2D eigenvalue weighted by molar-refractivity contribution is 5.55. The standard InChI is InChI=1S/C13H11F2NO2/c1-17-12-4-2-3-9(15)13(12)18-11-6-5-8(14)7-10(11)16/h2-7H,16H2,1H3. The molecule has 5 heteroatoms. The normalized spacial score (nSPS) is 10.2. The van der Waals surface area contributed by atoms with Crippen LogP contribution >= 0.6 is 0 Å². The summed E-state index contributed by atoms with van der Waals surface area (Å²) in [4.78, 5) is 0. The van der Waals surface area contributed by atoms with Gasteiger partial charge in [-0.1, -0.05) is 6.07 Å². The molecular formula is C13H11F2NO2. The van der Waals surface area contributed by atoms with E-state index < -0.39 is 11.6 Å². The molecule has 2 aromatic rings. The fourth-order valence-corrected chi connectivity index (χ4v) is 1.47. The number of rotatable bonds is 3. The summed E-state index contributed by atoms with van der Waals surface area (Å²) in [7, 11) is 1.40. The molecule has 0 fully saturated rings. The van der Waals surface area contributed by atoms with Crippen molar-refractivity contribution in [2.45, 2.75) is 0 Å². The van der Waals surface area contributed by atoms with Crippen molar-refractivity contribution >= 4 is 5.69 Å². The number of nitrogens with two attached hydrogens (primary N) is 1. The molecule has 2 rings (SSSR count). The Morgan fingerprint density at radius 1 is 1.06 bits per heavy atom. The molecule has 0 heterocycles. The van der Waals surface area contributed by atoms with E-state index in [4.69, 9.17) is 15.2 Å². The van der Waals surface area contributed by atoms with Gasteiger partial charge in [0.05, 0.1) is 12.8 Å². The fraction of sp³-hybridized carbons (Fsp3) is 0.0769. The van der Waals surface area contributed by atoms with Crippen LogP contribution in [0.5, 0.6) is 17.2 Å². The number of ether oxygens (including phenoxy) is 2. The van der Waals surface area contributed by atoms with E-state index in [2.05, 4.69) is 0 Å². The molecule has 0 aromatic heterocycles. The van der Waals surface area contributed by atoms with Gasteiger partial charge < -0.3 is 15.2 Å². The highest BCUT2D eigenvalue weighted by Crippen LogP contribution is 2.36. The Morgan fingerprint density at radius 3 is 2.50 bits per heavy atom. The molecule has 2 N–H and O–H groups in total. The SMILES string of the molecule is COc1cccc(F)c1Oc1ccc(F)cc1N. The van der Waals surface area contributed by atoms with Crippen molar-refractivity contribution in [3.05, 3.63) is 48.0 Å². The van der Waals surface area contributed by atoms with Crippen LogP contribution in [0.4, 0.5) is 14.5 Å². The lowest BCUT2D eigenvalue weighted by Gasteiger charge is -2.12. The third kappa shape index (κ3) is 2.34. The molecule has 0 aliphatic carbocycles. The predicted molar refractivity (Wildman–Crippen MR) is 63.8 cm³/mol. The summed E-state index contributed by atoms with van der Waals surface area (Å²) in [5, 5.41) is 0. The van der Waals surface area contributed by atoms with Gasteiger partial charge >= 0.3 is 0 Å². The molecule has 94 valence electrons. The van der Waals surface area contributed by atoms with Gasteiger partial charge in [0.25, 0.3) is 0 Å². The molecule has 0 radical (unpaired) electrons. The number of halogens is 2. The monoisotopic (exact) mass is 251 g/mol. The number of benzene rings is 2. The Kier molecular flexibility index (Phi) is 3.32. The molecule has 0 saturated heterocycles. The second kappa shape index (κ2) is 4.91. The number of para-hydroxylation sites is 1. The Hall–Kier alpha value is -2.30. The van der Waals surface area contributed by atoms with Gasteiger partial charge in [-0.2, -0.15) is 0 Å². The molecule has 0 atom stereocenters. The number of methoxy groups -OCH3 is 1. The maximum Gasteiger partial charge on any atom is 0.204 e. The maximum absolute atomic E-state index is 13.6. The zero-order valence-corrected chi connectivity index (χ0v) is 9.61. The first-order valence-corrected chi connectivity index (χ1v) is 5.17. The van der Waals surface area contributed by atoms with Gasteiger partial charge in [-0.25, -0.2) is 8.78 Å². The smallest absolute Gasteiger partial charge is 0.204 e. The maximum atomic E-state index is 13.6. The third-order valence-corrected chi connectivity index (χ3v) is 2.33. The fourth-order valence-electron chi connectivity index (χ4n) is 1.47. The molecule has 2 aromatic carbocycles. The van der Waals surface area contributed by atoms with Crippen molar-refractivity contribution in [1.82, 2.24) is 0 Å². The molecule has 3 nitrogen and oxygen atoms in total. The summed E-state index contributed by atoms with van der Waals surface area (Å²) in [6, 6.07) is 7.89. The first-order chi connectivity index (χ1) is 8.61. The Bertz CT molecular complexity index is 573. The van der Waals surface area contributed by atoms with Gasteiger partial charge in [0.1, 0.15) is 5.82 Å². The molecule has 18 heavy (non-hydrogen) atoms. The predicted octanol–water partition coefficient (Wildman–Crippen LogP) is 3.35. The molecule has 0 spiro atoms. The van der Waals surface area contributed by atoms with Crippen molar-refractivity contribution in [2.75, 3.05) is 12.8 Å². The lowest BCUT2D eigenvalue weighted by Crippen LogP contribution is -1.97. The molecular weight excluding hydrogens is 240 g/mol. The molecule has 0 amide bonds. The second-order valence-corrected chi connectivity index (χ2v) is 3.56. The van der Waals surface area contributed by atoms with Gasteiger partial charge in [0, 0.05) is 6.07 Å². The van der Waals surface area contributed by atoms with Crippen LogP contribution in [0.3, 0.4) is 0 Å². The van der Waals surface area contributed by atoms with E-state index in [0.717, 1.165) is 6.07 Å². The minimum Gasteiger partial charge on any atom is -0.493 e. The summed E-state index contributed by atoms with van der Waals surface area (Å²) >= 11 is 0. The van der Waals surface area contributed by atoms with E-state index >= 15 is 0 Å². The zero-order valence-electron chi connectivity index (χ0n) is 9.61. The summed E-state index contributed by atoms with van der Waals surface area (Å²) < 4.78 is 36.8. The van der Waals surface area contributed by atoms with E-state index in [9.17, 15) is 8.78 Å². The van der Waals surface area contributed by atoms with Gasteiger partial charge in [0.15, 0.2) is 17.3 Å². The van der Waals surface area contributed by atoms with Crippen LogP contribution < -0.4 is 15.2 Å². The highest BCUT2D eigenvalue weighted by atomic mass is 19.1. The topological polar surface area (TPSA) is 44.5 Å². The number of nitrogen functional groups attached to an aromatic ring is 1. The van der Waals surface area contributed by atoms with E-state index in [1.807, 2.05) is 0 Å². The lowest BCUT2D eigenvalue weighted by molar-refractivity contribution is 0.364. The zero-order chi connectivity index (χ0) is 13.1. The average molecular weight is 251 g/mol. The van der Waals surface area contributed by atoms with Crippen LogP contribution in [-0.2, 0) is 0 Å². The Labute approximate surface area is 103 Å². The van der Waals surface area contributed by atoms with E-state index in [1.54, 1.807) is 6.07 Å². The van der Waals surface area contributed by atoms with E-state index in [1.165, 1.54) is 31.4 Å². The molecule has 0 aliphatic rings. The largest absolute Gasteiger partial charge is 0.493 e. The summed E-state index contributed by atoms with van der Waals surface area (Å²) in [5.74, 6) is -0.754. The number of hydrogen-bond acceptors (Lipinski definition) is 3. The third-order valence-electron chi connectivity index (χ3n) is 2.33. The van der Waals surface area contributed by atoms with Crippen LogP contribution in [0.1, 0.15) is 0 Å². The Balaban J connectivity index is 2.39. The quantitative estimate of drug-likeness (QED) is 0.851. The average Bonchev–Trinajstić information content (AvgIpc) is 2.34. The number of anilines is 1. The molecule has 0 bridgehead atoms. The van der Waals surface area contributed by atoms with Crippen molar-refractivity contribution < 1.29 is 18.3 Å². The number of hydrogen-bond donors (Lipinski definition) is 1. The first kappa shape index (κ1) is 12.2. The van der Waals surface area contributed by atoms with Crippen LogP contribution in [0, 0.1) is 11.6 Å². The van der Waals surface area contributed by atoms with Crippen molar-refractivity contribution in [2.24, 2.45) is 0 Å². The van der Waals surface area contributed by atoms with Gasteiger partial charge in [-0.05, 0) is 24.3 Å². The van der Waals surface area contributed by atoms with Crippen LogP contribution in [0.25, 0.3) is 0 Å². The summed E-state index contributed by atoms with van der Waals surface area (Å²) in [5.41, 5.74) is 5.67. The second-order valence-electron chi connectivity index (χ2n) is 3.56. The van der Waals surface area contributed by atoms with Crippen LogP contribution in [0.15, 0.2) is 36.4 Å². The van der Waals surface area contributed by atoms with Crippen LogP contribution in [0.2, 0.25) is 0 Å². The molecule has 0 saturated carbocycles. The van der Waals surface area contributed by atoms with Crippen molar-refractivity contribution in [3.8, 4) is 17.2 Å². The summed E-state index contributed by atoms with van der Waals surface area (Å²) in [6.07, 6.45) is 0. The van der Waals surface area contributed by atoms with Crippen molar-refractivity contribution in [1.29, 1.82) is 0 Å². The van der Waals surface area contributed by atoms with Crippen LogP contribution in [-0.4, -0.2) is 7.11 Å². The van der Waals surface area contributed by atoms with Gasteiger partial charge in [0.2, 0.25) is 5.75 Å². The Morgan fingerprint density at radius 2 is 1.83 bits per heavy atom. The van der Waals surface area contributed by atoms with E-state index in [-0.39, 0.29) is 22.9 Å². The van der Waals surface area contributed by atoms with E-state index in [0.29, 0.717) is 0 Å². The highest BCUT2D eigenvalue weighted by Gasteiger charge is 2.13. The van der Waals surface area contributed by atoms with Crippen molar-refractivity contribution in [3.63, 3.8) is 0 Å². The van der Waals surface area contributed by atoms with Gasteiger partial charge in [-0.3, -0.25) is 0 Å². The lowest BCUT2D eigenvalue weighted by atomic mass is 10.2. The first-order valence-electron chi connectivity index (χ1n) is 5.17.